The molecule has 1 aromatic rings. The van der Waals surface area contributed by atoms with Gasteiger partial charge in [-0.2, -0.15) is 0 Å². The molecule has 2 heterocycles. The molecular formula is C15H20N2O4S. The van der Waals surface area contributed by atoms with Crippen molar-refractivity contribution >= 4 is 29.1 Å². The first-order chi connectivity index (χ1) is 10.5. The molecule has 0 bridgehead atoms. The zero-order valence-electron chi connectivity index (χ0n) is 12.7. The van der Waals surface area contributed by atoms with E-state index < -0.39 is 18.1 Å². The number of nitrogens with zero attached hydrogens (tertiary/aromatic N) is 1. The van der Waals surface area contributed by atoms with E-state index >= 15 is 0 Å². The highest BCUT2D eigenvalue weighted by Crippen LogP contribution is 2.11. The van der Waals surface area contributed by atoms with E-state index in [1.807, 2.05) is 0 Å². The molecule has 2 amide bonds. The molecule has 2 rings (SSSR count). The third-order valence-electron chi connectivity index (χ3n) is 3.50. The second kappa shape index (κ2) is 7.40. The van der Waals surface area contributed by atoms with Crippen molar-refractivity contribution in [3.05, 3.63) is 22.4 Å². The minimum absolute atomic E-state index is 0.178. The Morgan fingerprint density at radius 2 is 1.95 bits per heavy atom. The molecule has 6 nitrogen and oxygen atoms in total. The van der Waals surface area contributed by atoms with Crippen molar-refractivity contribution in [3.8, 4) is 0 Å². The Hall–Kier alpha value is -1.89. The van der Waals surface area contributed by atoms with Gasteiger partial charge >= 0.3 is 5.97 Å². The molecule has 1 aliphatic heterocycles. The quantitative estimate of drug-likeness (QED) is 0.831. The third kappa shape index (κ3) is 4.07. The van der Waals surface area contributed by atoms with E-state index in [1.54, 1.807) is 36.3 Å². The van der Waals surface area contributed by atoms with Gasteiger partial charge in [0.05, 0.1) is 4.88 Å². The van der Waals surface area contributed by atoms with Gasteiger partial charge in [0.2, 0.25) is 0 Å². The van der Waals surface area contributed by atoms with Crippen LogP contribution in [0.15, 0.2) is 17.5 Å². The van der Waals surface area contributed by atoms with Crippen molar-refractivity contribution in [2.75, 3.05) is 13.1 Å². The van der Waals surface area contributed by atoms with E-state index in [0.29, 0.717) is 18.0 Å². The predicted octanol–water partition coefficient (Wildman–Crippen LogP) is 1.42. The SMILES string of the molecule is CC(NC(=O)c1cccs1)C(=O)OC(C)C(=O)N1CCCC1. The van der Waals surface area contributed by atoms with Gasteiger partial charge in [-0.15, -0.1) is 11.3 Å². The molecule has 7 heteroatoms. The van der Waals surface area contributed by atoms with Crippen LogP contribution >= 0.6 is 11.3 Å². The monoisotopic (exact) mass is 324 g/mol. The van der Waals surface area contributed by atoms with Crippen LogP contribution in [0.25, 0.3) is 0 Å². The van der Waals surface area contributed by atoms with Crippen molar-refractivity contribution in [1.29, 1.82) is 0 Å². The van der Waals surface area contributed by atoms with Gasteiger partial charge in [-0.1, -0.05) is 6.07 Å². The zero-order valence-corrected chi connectivity index (χ0v) is 13.5. The maximum atomic E-state index is 12.1. The lowest BCUT2D eigenvalue weighted by molar-refractivity contribution is -0.159. The summed E-state index contributed by atoms with van der Waals surface area (Å²) >= 11 is 1.30. The van der Waals surface area contributed by atoms with Gasteiger partial charge < -0.3 is 15.0 Å². The normalized spacial score (nSPS) is 16.9. The summed E-state index contributed by atoms with van der Waals surface area (Å²) in [6.07, 6.45) is 1.14. The Morgan fingerprint density at radius 3 is 2.55 bits per heavy atom. The highest BCUT2D eigenvalue weighted by atomic mass is 32.1. The van der Waals surface area contributed by atoms with Crippen LogP contribution < -0.4 is 5.32 Å². The summed E-state index contributed by atoms with van der Waals surface area (Å²) in [5, 5.41) is 4.35. The van der Waals surface area contributed by atoms with Crippen LogP contribution in [-0.4, -0.2) is 47.9 Å². The third-order valence-corrected chi connectivity index (χ3v) is 4.37. The maximum Gasteiger partial charge on any atom is 0.329 e. The van der Waals surface area contributed by atoms with Crippen LogP contribution in [0, 0.1) is 0 Å². The number of ether oxygens (including phenoxy) is 1. The van der Waals surface area contributed by atoms with E-state index in [-0.39, 0.29) is 11.8 Å². The smallest absolute Gasteiger partial charge is 0.329 e. The second-order valence-corrected chi connectivity index (χ2v) is 6.23. The number of esters is 1. The van der Waals surface area contributed by atoms with Crippen molar-refractivity contribution in [2.45, 2.75) is 38.8 Å². The van der Waals surface area contributed by atoms with Crippen molar-refractivity contribution < 1.29 is 19.1 Å². The fraction of sp³-hybridized carbons (Fsp3) is 0.533. The van der Waals surface area contributed by atoms with E-state index in [4.69, 9.17) is 4.74 Å². The fourth-order valence-corrected chi connectivity index (χ4v) is 2.88. The first-order valence-corrected chi connectivity index (χ1v) is 8.20. The lowest BCUT2D eigenvalue weighted by Crippen LogP contribution is -2.44. The van der Waals surface area contributed by atoms with Crippen LogP contribution in [0.5, 0.6) is 0 Å². The number of carbonyl (C=O) groups is 3. The molecule has 0 aliphatic carbocycles. The standard InChI is InChI=1S/C15H20N2O4S/c1-10(16-13(18)12-6-5-9-22-12)15(20)21-11(2)14(19)17-7-3-4-8-17/h5-6,9-11H,3-4,7-8H2,1-2H3,(H,16,18). The summed E-state index contributed by atoms with van der Waals surface area (Å²) in [5.74, 6) is -1.11. The number of nitrogens with one attached hydrogen (secondary N) is 1. The lowest BCUT2D eigenvalue weighted by atomic mass is 10.3. The van der Waals surface area contributed by atoms with Crippen LogP contribution in [-0.2, 0) is 14.3 Å². The molecule has 120 valence electrons. The Balaban J connectivity index is 1.82. The van der Waals surface area contributed by atoms with Gasteiger partial charge in [0.1, 0.15) is 6.04 Å². The number of amides is 2. The Kier molecular flexibility index (Phi) is 5.54. The Bertz CT molecular complexity index is 538. The van der Waals surface area contributed by atoms with Gasteiger partial charge in [-0.25, -0.2) is 4.79 Å². The molecule has 1 fully saturated rings. The van der Waals surface area contributed by atoms with Gasteiger partial charge in [-0.05, 0) is 38.1 Å². The molecule has 2 unspecified atom stereocenters. The predicted molar refractivity (Wildman–Crippen MR) is 82.6 cm³/mol. The minimum atomic E-state index is -0.827. The summed E-state index contributed by atoms with van der Waals surface area (Å²) in [6.45, 7) is 4.53. The van der Waals surface area contributed by atoms with Gasteiger partial charge in [0.25, 0.3) is 11.8 Å². The summed E-state index contributed by atoms with van der Waals surface area (Å²) in [7, 11) is 0. The molecule has 22 heavy (non-hydrogen) atoms. The van der Waals surface area contributed by atoms with Crippen LogP contribution in [0.4, 0.5) is 0 Å². The molecule has 2 atom stereocenters. The summed E-state index contributed by atoms with van der Waals surface area (Å²) in [4.78, 5) is 38.1. The second-order valence-electron chi connectivity index (χ2n) is 5.28. The first-order valence-electron chi connectivity index (χ1n) is 7.32. The highest BCUT2D eigenvalue weighted by molar-refractivity contribution is 7.12. The van der Waals surface area contributed by atoms with Crippen LogP contribution in [0.2, 0.25) is 0 Å². The number of likely N-dealkylation sites (tertiary alicyclic amines) is 1. The van der Waals surface area contributed by atoms with Gasteiger partial charge in [0.15, 0.2) is 6.10 Å². The molecule has 1 aliphatic rings. The Morgan fingerprint density at radius 1 is 1.27 bits per heavy atom. The minimum Gasteiger partial charge on any atom is -0.451 e. The zero-order chi connectivity index (χ0) is 16.1. The molecule has 0 radical (unpaired) electrons. The van der Waals surface area contributed by atoms with Crippen molar-refractivity contribution in [2.24, 2.45) is 0 Å². The number of carbonyl (C=O) groups excluding carboxylic acids is 3. The van der Waals surface area contributed by atoms with E-state index in [0.717, 1.165) is 12.8 Å². The summed E-state index contributed by atoms with van der Waals surface area (Å²) < 4.78 is 5.16. The molecule has 0 spiro atoms. The largest absolute Gasteiger partial charge is 0.451 e. The van der Waals surface area contributed by atoms with Gasteiger partial charge in [0, 0.05) is 13.1 Å². The van der Waals surface area contributed by atoms with Gasteiger partial charge in [-0.3, -0.25) is 9.59 Å². The average molecular weight is 324 g/mol. The number of hydrogen-bond donors (Lipinski definition) is 1. The van der Waals surface area contributed by atoms with Crippen LogP contribution in [0.3, 0.4) is 0 Å². The molecular weight excluding hydrogens is 304 g/mol. The lowest BCUT2D eigenvalue weighted by Gasteiger charge is -2.22. The van der Waals surface area contributed by atoms with Crippen LogP contribution in [0.1, 0.15) is 36.4 Å². The first kappa shape index (κ1) is 16.5. The summed E-state index contributed by atoms with van der Waals surface area (Å²) in [6, 6.07) is 2.64. The average Bonchev–Trinajstić information content (AvgIpc) is 3.18. The van der Waals surface area contributed by atoms with E-state index in [9.17, 15) is 14.4 Å². The van der Waals surface area contributed by atoms with E-state index in [1.165, 1.54) is 11.3 Å². The van der Waals surface area contributed by atoms with Crippen molar-refractivity contribution in [3.63, 3.8) is 0 Å². The summed E-state index contributed by atoms with van der Waals surface area (Å²) in [5.41, 5.74) is 0. The van der Waals surface area contributed by atoms with E-state index in [2.05, 4.69) is 5.32 Å². The molecule has 0 aromatic carbocycles. The molecule has 1 N–H and O–H groups in total. The highest BCUT2D eigenvalue weighted by Gasteiger charge is 2.28. The number of hydrogen-bond acceptors (Lipinski definition) is 5. The molecule has 1 aromatic heterocycles. The number of thiophene rings is 1. The van der Waals surface area contributed by atoms with Crippen molar-refractivity contribution in [1.82, 2.24) is 10.2 Å². The molecule has 0 saturated carbocycles. The molecule has 1 saturated heterocycles. The Labute approximate surface area is 133 Å². The maximum absolute atomic E-state index is 12.1. The topological polar surface area (TPSA) is 75.7 Å². The fourth-order valence-electron chi connectivity index (χ4n) is 2.26. The number of rotatable bonds is 5.